The molecule has 1 aliphatic rings. The van der Waals surface area contributed by atoms with E-state index in [4.69, 9.17) is 5.73 Å². The summed E-state index contributed by atoms with van der Waals surface area (Å²) in [7, 11) is 0. The van der Waals surface area contributed by atoms with E-state index in [-0.39, 0.29) is 6.04 Å². The lowest BCUT2D eigenvalue weighted by atomic mass is 9.93. The van der Waals surface area contributed by atoms with Gasteiger partial charge in [-0.15, -0.1) is 0 Å². The molecule has 1 heterocycles. The lowest BCUT2D eigenvalue weighted by molar-refractivity contribution is 0.144. The number of rotatable bonds is 2. The highest BCUT2D eigenvalue weighted by molar-refractivity contribution is 5.32. The maximum Gasteiger partial charge on any atom is 0.0501 e. The molecule has 0 saturated carbocycles. The first kappa shape index (κ1) is 14.5. The van der Waals surface area contributed by atoms with E-state index in [1.165, 1.54) is 36.1 Å². The van der Waals surface area contributed by atoms with Gasteiger partial charge in [-0.05, 0) is 63.8 Å². The molecule has 2 unspecified atom stereocenters. The van der Waals surface area contributed by atoms with Gasteiger partial charge in [-0.1, -0.05) is 24.6 Å². The first-order valence-corrected chi connectivity index (χ1v) is 7.59. The molecule has 1 aliphatic heterocycles. The number of nitrogens with two attached hydrogens (primary N) is 1. The minimum Gasteiger partial charge on any atom is -0.326 e. The summed E-state index contributed by atoms with van der Waals surface area (Å²) in [6, 6.07) is 8.03. The van der Waals surface area contributed by atoms with Gasteiger partial charge in [0.15, 0.2) is 0 Å². The highest BCUT2D eigenvalue weighted by Gasteiger charge is 2.30. The van der Waals surface area contributed by atoms with Gasteiger partial charge in [-0.2, -0.15) is 0 Å². The predicted molar refractivity (Wildman–Crippen MR) is 82.3 cm³/mol. The fourth-order valence-corrected chi connectivity index (χ4v) is 3.18. The fraction of sp³-hybridized carbons (Fsp3) is 0.647. The highest BCUT2D eigenvalue weighted by atomic mass is 15.2. The van der Waals surface area contributed by atoms with Crippen LogP contribution >= 0.6 is 0 Å². The van der Waals surface area contributed by atoms with Crippen LogP contribution in [0.3, 0.4) is 0 Å². The Bertz CT molecular complexity index is 425. The highest BCUT2D eigenvalue weighted by Crippen LogP contribution is 2.31. The summed E-state index contributed by atoms with van der Waals surface area (Å²) in [5.74, 6) is 0. The van der Waals surface area contributed by atoms with Gasteiger partial charge >= 0.3 is 0 Å². The zero-order valence-electron chi connectivity index (χ0n) is 12.8. The summed E-state index contributed by atoms with van der Waals surface area (Å²) in [4.78, 5) is 2.59. The lowest BCUT2D eigenvalue weighted by Gasteiger charge is -2.37. The first-order chi connectivity index (χ1) is 9.00. The first-order valence-electron chi connectivity index (χ1n) is 7.59. The minimum atomic E-state index is 0.256. The topological polar surface area (TPSA) is 29.3 Å². The lowest BCUT2D eigenvalue weighted by Crippen LogP contribution is -2.43. The van der Waals surface area contributed by atoms with Crippen LogP contribution in [0.25, 0.3) is 0 Å². The Hall–Kier alpha value is -0.860. The van der Waals surface area contributed by atoms with E-state index < -0.39 is 0 Å². The zero-order valence-corrected chi connectivity index (χ0v) is 12.8. The SMILES string of the molecule is Cc1ccc(C2C(N)CCCCN2C(C)C)cc1C. The maximum atomic E-state index is 6.49. The molecule has 2 nitrogen and oxygen atoms in total. The van der Waals surface area contributed by atoms with Crippen LogP contribution in [-0.4, -0.2) is 23.5 Å². The van der Waals surface area contributed by atoms with Crippen LogP contribution in [0.1, 0.15) is 55.8 Å². The Morgan fingerprint density at radius 2 is 1.89 bits per heavy atom. The van der Waals surface area contributed by atoms with E-state index in [2.05, 4.69) is 50.8 Å². The zero-order chi connectivity index (χ0) is 14.0. The smallest absolute Gasteiger partial charge is 0.0501 e. The van der Waals surface area contributed by atoms with Gasteiger partial charge < -0.3 is 5.73 Å². The summed E-state index contributed by atoms with van der Waals surface area (Å²) in [5.41, 5.74) is 10.6. The molecule has 2 rings (SSSR count). The third-order valence-electron chi connectivity index (χ3n) is 4.50. The Kier molecular flexibility index (Phi) is 4.64. The Morgan fingerprint density at radius 3 is 2.53 bits per heavy atom. The van der Waals surface area contributed by atoms with E-state index in [9.17, 15) is 0 Å². The van der Waals surface area contributed by atoms with Crippen molar-refractivity contribution in [3.8, 4) is 0 Å². The van der Waals surface area contributed by atoms with Crippen LogP contribution < -0.4 is 5.73 Å². The normalized spacial score (nSPS) is 25.6. The molecule has 1 aromatic carbocycles. The summed E-state index contributed by atoms with van der Waals surface area (Å²) in [5, 5.41) is 0. The molecule has 2 heteroatoms. The second kappa shape index (κ2) is 6.06. The second-order valence-corrected chi connectivity index (χ2v) is 6.28. The fourth-order valence-electron chi connectivity index (χ4n) is 3.18. The van der Waals surface area contributed by atoms with Crippen molar-refractivity contribution in [3.05, 3.63) is 34.9 Å². The van der Waals surface area contributed by atoms with Crippen molar-refractivity contribution in [1.82, 2.24) is 4.90 Å². The second-order valence-electron chi connectivity index (χ2n) is 6.28. The van der Waals surface area contributed by atoms with Gasteiger partial charge in [0.1, 0.15) is 0 Å². The molecule has 1 fully saturated rings. The molecule has 0 aliphatic carbocycles. The van der Waals surface area contributed by atoms with E-state index in [0.717, 1.165) is 6.42 Å². The average Bonchev–Trinajstić information content (AvgIpc) is 2.55. The monoisotopic (exact) mass is 260 g/mol. The molecule has 0 aromatic heterocycles. The summed E-state index contributed by atoms with van der Waals surface area (Å²) in [6.45, 7) is 10.1. The van der Waals surface area contributed by atoms with Gasteiger partial charge in [0.2, 0.25) is 0 Å². The van der Waals surface area contributed by atoms with Gasteiger partial charge in [0, 0.05) is 12.1 Å². The molecular formula is C17H28N2. The van der Waals surface area contributed by atoms with Crippen LogP contribution in [0.4, 0.5) is 0 Å². The maximum absolute atomic E-state index is 6.49. The average molecular weight is 260 g/mol. The van der Waals surface area contributed by atoms with E-state index in [1.807, 2.05) is 0 Å². The number of benzene rings is 1. The van der Waals surface area contributed by atoms with Crippen LogP contribution in [0.2, 0.25) is 0 Å². The van der Waals surface area contributed by atoms with E-state index in [1.54, 1.807) is 0 Å². The third kappa shape index (κ3) is 3.18. The molecule has 19 heavy (non-hydrogen) atoms. The minimum absolute atomic E-state index is 0.256. The standard InChI is InChI=1S/C17H28N2/c1-12(2)19-10-6-5-7-16(18)17(19)15-9-8-13(3)14(4)11-15/h8-9,11-12,16-17H,5-7,10,18H2,1-4H3. The largest absolute Gasteiger partial charge is 0.326 e. The quantitative estimate of drug-likeness (QED) is 0.881. The van der Waals surface area contributed by atoms with Crippen molar-refractivity contribution in [3.63, 3.8) is 0 Å². The van der Waals surface area contributed by atoms with Gasteiger partial charge in [0.25, 0.3) is 0 Å². The van der Waals surface area contributed by atoms with Crippen molar-refractivity contribution >= 4 is 0 Å². The predicted octanol–water partition coefficient (Wildman–Crippen LogP) is 3.57. The molecule has 0 amide bonds. The summed E-state index contributed by atoms with van der Waals surface area (Å²) < 4.78 is 0. The Balaban J connectivity index is 2.37. The van der Waals surface area contributed by atoms with Crippen LogP contribution in [0.5, 0.6) is 0 Å². The van der Waals surface area contributed by atoms with Crippen molar-refractivity contribution in [2.24, 2.45) is 5.73 Å². The molecule has 0 radical (unpaired) electrons. The Labute approximate surface area is 118 Å². The van der Waals surface area contributed by atoms with E-state index >= 15 is 0 Å². The van der Waals surface area contributed by atoms with Crippen LogP contribution in [0.15, 0.2) is 18.2 Å². The van der Waals surface area contributed by atoms with Crippen LogP contribution in [0, 0.1) is 13.8 Å². The molecule has 0 spiro atoms. The number of nitrogens with zero attached hydrogens (tertiary/aromatic N) is 1. The molecule has 1 saturated heterocycles. The number of hydrogen-bond acceptors (Lipinski definition) is 2. The van der Waals surface area contributed by atoms with Gasteiger partial charge in [0.05, 0.1) is 6.04 Å². The molecule has 0 bridgehead atoms. The number of aryl methyl sites for hydroxylation is 2. The van der Waals surface area contributed by atoms with Crippen molar-refractivity contribution in [2.75, 3.05) is 6.54 Å². The molecule has 106 valence electrons. The number of likely N-dealkylation sites (tertiary alicyclic amines) is 1. The van der Waals surface area contributed by atoms with E-state index in [0.29, 0.717) is 12.1 Å². The van der Waals surface area contributed by atoms with Crippen molar-refractivity contribution < 1.29 is 0 Å². The molecule has 2 atom stereocenters. The molecule has 2 N–H and O–H groups in total. The van der Waals surface area contributed by atoms with Crippen molar-refractivity contribution in [1.29, 1.82) is 0 Å². The molecule has 1 aromatic rings. The molecular weight excluding hydrogens is 232 g/mol. The van der Waals surface area contributed by atoms with Gasteiger partial charge in [-0.25, -0.2) is 0 Å². The number of hydrogen-bond donors (Lipinski definition) is 1. The van der Waals surface area contributed by atoms with Crippen molar-refractivity contribution in [2.45, 2.75) is 65.1 Å². The Morgan fingerprint density at radius 1 is 1.16 bits per heavy atom. The summed E-state index contributed by atoms with van der Waals surface area (Å²) >= 11 is 0. The summed E-state index contributed by atoms with van der Waals surface area (Å²) in [6.07, 6.45) is 3.67. The van der Waals surface area contributed by atoms with Gasteiger partial charge in [-0.3, -0.25) is 4.90 Å². The van der Waals surface area contributed by atoms with Crippen LogP contribution in [-0.2, 0) is 0 Å². The third-order valence-corrected chi connectivity index (χ3v) is 4.50.